The van der Waals surface area contributed by atoms with E-state index in [9.17, 15) is 4.79 Å². The standard InChI is InChI=1S/C38H58O2.C8H10.C6H10.C2H6/c1-24(2)8-7-9-26(4)32-16-17-33-31-23-30(27-14-15-27)35-22-29(40-36(39)28-12-10-25(3)11-13-28)18-20-38(35,6)34(31)19-21-37(32,33)5;1-7-3-5-8(2)6-4-7;1-2-6-4-3-5-6;1-2/h10-13,24,26-27,29-35H,7-9,14-23H2,1-6H3;3-6H,1-2H3;2H,3-5H2,1H3;1-2H3. The molecule has 0 saturated heterocycles. The van der Waals surface area contributed by atoms with Crippen LogP contribution in [0.5, 0.6) is 0 Å². The van der Waals surface area contributed by atoms with E-state index in [0.29, 0.717) is 16.4 Å². The Morgan fingerprint density at radius 2 is 1.29 bits per heavy atom. The quantitative estimate of drug-likeness (QED) is 0.198. The Morgan fingerprint density at radius 1 is 0.714 bits per heavy atom. The zero-order chi connectivity index (χ0) is 40.6. The zero-order valence-corrected chi connectivity index (χ0v) is 38.1. The van der Waals surface area contributed by atoms with Gasteiger partial charge in [-0.1, -0.05) is 132 Å². The summed E-state index contributed by atoms with van der Waals surface area (Å²) < 4.78 is 6.23. The third kappa shape index (κ3) is 10.6. The van der Waals surface area contributed by atoms with Crippen LogP contribution in [-0.2, 0) is 4.74 Å². The highest BCUT2D eigenvalue weighted by Gasteiger charge is 2.63. The highest BCUT2D eigenvalue weighted by Crippen LogP contribution is 2.71. The highest BCUT2D eigenvalue weighted by atomic mass is 16.5. The van der Waals surface area contributed by atoms with Crippen LogP contribution in [0.3, 0.4) is 0 Å². The number of aryl methyl sites for hydroxylation is 3. The molecule has 0 aromatic heterocycles. The van der Waals surface area contributed by atoms with E-state index in [2.05, 4.69) is 92.7 Å². The van der Waals surface area contributed by atoms with Gasteiger partial charge >= 0.3 is 5.97 Å². The van der Waals surface area contributed by atoms with Crippen molar-refractivity contribution in [3.8, 4) is 0 Å². The van der Waals surface area contributed by atoms with Crippen LogP contribution in [0.4, 0.5) is 0 Å². The molecule has 312 valence electrons. The molecule has 2 heteroatoms. The largest absolute Gasteiger partial charge is 0.459 e. The number of hydrogen-bond donors (Lipinski definition) is 0. The maximum Gasteiger partial charge on any atom is 0.338 e. The second-order valence-electron chi connectivity index (χ2n) is 20.4. The number of hydrogen-bond acceptors (Lipinski definition) is 2. The molecule has 0 heterocycles. The predicted molar refractivity (Wildman–Crippen MR) is 240 cm³/mol. The Hall–Kier alpha value is -2.35. The van der Waals surface area contributed by atoms with E-state index in [1.54, 1.807) is 5.57 Å². The number of carbonyl (C=O) groups excluding carboxylic acids is 1. The number of carbonyl (C=O) groups is 1. The molecule has 0 radical (unpaired) electrons. The van der Waals surface area contributed by atoms with Gasteiger partial charge in [0.15, 0.2) is 0 Å². The molecule has 6 aliphatic rings. The Balaban J connectivity index is 0.000000312. The molecular formula is C54H84O2. The first kappa shape index (κ1) is 44.7. The fraction of sp³-hybridized carbons (Fsp3) is 0.722. The van der Waals surface area contributed by atoms with Crippen molar-refractivity contribution in [3.05, 3.63) is 82.4 Å². The Kier molecular flexibility index (Phi) is 16.0. The molecule has 0 aliphatic heterocycles. The number of allylic oxidation sites excluding steroid dienone is 2. The smallest absolute Gasteiger partial charge is 0.338 e. The van der Waals surface area contributed by atoms with Crippen molar-refractivity contribution in [2.75, 3.05) is 0 Å². The van der Waals surface area contributed by atoms with Crippen LogP contribution in [0.15, 0.2) is 60.2 Å². The molecule has 8 rings (SSSR count). The van der Waals surface area contributed by atoms with Gasteiger partial charge in [-0.2, -0.15) is 0 Å². The first-order chi connectivity index (χ1) is 26.8. The minimum atomic E-state index is -0.113. The molecule has 56 heavy (non-hydrogen) atoms. The summed E-state index contributed by atoms with van der Waals surface area (Å²) in [5, 5.41) is 0. The van der Waals surface area contributed by atoms with Crippen molar-refractivity contribution < 1.29 is 9.53 Å². The van der Waals surface area contributed by atoms with Gasteiger partial charge in [0, 0.05) is 0 Å². The summed E-state index contributed by atoms with van der Waals surface area (Å²) in [5.41, 5.74) is 7.21. The van der Waals surface area contributed by atoms with Crippen LogP contribution in [0, 0.1) is 84.9 Å². The number of rotatable bonds is 8. The molecule has 6 aliphatic carbocycles. The number of fused-ring (bicyclic) bond motifs is 5. The van der Waals surface area contributed by atoms with Crippen LogP contribution in [0.1, 0.15) is 185 Å². The van der Waals surface area contributed by atoms with Crippen molar-refractivity contribution in [1.29, 1.82) is 0 Å². The topological polar surface area (TPSA) is 26.3 Å². The molecule has 2 aromatic rings. The van der Waals surface area contributed by atoms with Gasteiger partial charge in [-0.15, -0.1) is 0 Å². The lowest BCUT2D eigenvalue weighted by Gasteiger charge is -2.63. The maximum absolute atomic E-state index is 13.0. The van der Waals surface area contributed by atoms with E-state index in [-0.39, 0.29) is 12.1 Å². The summed E-state index contributed by atoms with van der Waals surface area (Å²) in [4.78, 5) is 13.0. The van der Waals surface area contributed by atoms with E-state index in [1.807, 2.05) is 38.1 Å². The van der Waals surface area contributed by atoms with Crippen molar-refractivity contribution in [2.45, 2.75) is 185 Å². The molecule has 0 N–H and O–H groups in total. The van der Waals surface area contributed by atoms with Gasteiger partial charge in [0.2, 0.25) is 0 Å². The average Bonchev–Trinajstić information content (AvgIpc) is 3.94. The summed E-state index contributed by atoms with van der Waals surface area (Å²) >= 11 is 0. The predicted octanol–water partition coefficient (Wildman–Crippen LogP) is 15.7. The van der Waals surface area contributed by atoms with Gasteiger partial charge in [0.1, 0.15) is 6.10 Å². The molecule has 6 saturated carbocycles. The Bertz CT molecular complexity index is 1500. The average molecular weight is 765 g/mol. The first-order valence-corrected chi connectivity index (χ1v) is 23.8. The Morgan fingerprint density at radius 3 is 1.80 bits per heavy atom. The van der Waals surface area contributed by atoms with Crippen LogP contribution in [0.2, 0.25) is 0 Å². The molecule has 6 fully saturated rings. The van der Waals surface area contributed by atoms with Crippen molar-refractivity contribution in [2.24, 2.45) is 64.1 Å². The SMILES string of the molecule is CC.CC=C1CCC1.Cc1ccc(C(=O)OC2CCC3(C)C(C2)C(C2CC2)CC2C4CCC(C(C)CCCC(C)C)C4(C)CCC23)cc1.Cc1ccc(C)cc1. The maximum atomic E-state index is 13.0. The first-order valence-electron chi connectivity index (χ1n) is 23.8. The second-order valence-corrected chi connectivity index (χ2v) is 20.4. The fourth-order valence-electron chi connectivity index (χ4n) is 12.8. The summed E-state index contributed by atoms with van der Waals surface area (Å²) in [6, 6.07) is 16.4. The van der Waals surface area contributed by atoms with Gasteiger partial charge in [0.25, 0.3) is 0 Å². The van der Waals surface area contributed by atoms with E-state index in [0.717, 1.165) is 66.1 Å². The van der Waals surface area contributed by atoms with E-state index in [1.165, 1.54) is 107 Å². The minimum absolute atomic E-state index is 0.0982. The minimum Gasteiger partial charge on any atom is -0.459 e. The van der Waals surface area contributed by atoms with E-state index in [4.69, 9.17) is 4.74 Å². The van der Waals surface area contributed by atoms with Crippen LogP contribution in [-0.4, -0.2) is 12.1 Å². The molecular weight excluding hydrogens is 681 g/mol. The lowest BCUT2D eigenvalue weighted by Crippen LogP contribution is -2.57. The lowest BCUT2D eigenvalue weighted by molar-refractivity contribution is -0.156. The molecule has 0 spiro atoms. The number of benzene rings is 2. The molecule has 2 nitrogen and oxygen atoms in total. The lowest BCUT2D eigenvalue weighted by atomic mass is 9.42. The van der Waals surface area contributed by atoms with Crippen LogP contribution < -0.4 is 0 Å². The van der Waals surface area contributed by atoms with E-state index < -0.39 is 0 Å². The highest BCUT2D eigenvalue weighted by molar-refractivity contribution is 5.89. The van der Waals surface area contributed by atoms with Crippen molar-refractivity contribution >= 4 is 5.97 Å². The second kappa shape index (κ2) is 20.1. The summed E-state index contributed by atoms with van der Waals surface area (Å²) in [6.45, 7) is 25.2. The van der Waals surface area contributed by atoms with Crippen molar-refractivity contribution in [3.63, 3.8) is 0 Å². The fourth-order valence-corrected chi connectivity index (χ4v) is 12.8. The van der Waals surface area contributed by atoms with E-state index >= 15 is 0 Å². The third-order valence-electron chi connectivity index (χ3n) is 16.3. The van der Waals surface area contributed by atoms with Gasteiger partial charge in [-0.25, -0.2) is 4.79 Å². The van der Waals surface area contributed by atoms with Gasteiger partial charge in [-0.05, 0) is 187 Å². The monoisotopic (exact) mass is 765 g/mol. The van der Waals surface area contributed by atoms with Crippen LogP contribution >= 0.6 is 0 Å². The van der Waals surface area contributed by atoms with Gasteiger partial charge in [-0.3, -0.25) is 0 Å². The third-order valence-corrected chi connectivity index (χ3v) is 16.3. The summed E-state index contributed by atoms with van der Waals surface area (Å²) in [5.74, 6) is 7.85. The van der Waals surface area contributed by atoms with Gasteiger partial charge < -0.3 is 4.74 Å². The summed E-state index contributed by atoms with van der Waals surface area (Å²) in [7, 11) is 0. The van der Waals surface area contributed by atoms with Crippen molar-refractivity contribution in [1.82, 2.24) is 0 Å². The number of ether oxygens (including phenoxy) is 1. The zero-order valence-electron chi connectivity index (χ0n) is 38.1. The summed E-state index contributed by atoms with van der Waals surface area (Å²) in [6.07, 6.45) is 24.4. The molecule has 0 amide bonds. The molecule has 2 aromatic carbocycles. The molecule has 10 atom stereocenters. The number of esters is 1. The normalized spacial score (nSPS) is 33.3. The van der Waals surface area contributed by atoms with Crippen LogP contribution in [0.25, 0.3) is 0 Å². The molecule has 10 unspecified atom stereocenters. The van der Waals surface area contributed by atoms with Gasteiger partial charge in [0.05, 0.1) is 5.56 Å². The molecule has 0 bridgehead atoms. The Labute approximate surface area is 345 Å².